The molecule has 5 nitrogen and oxygen atoms in total. The van der Waals surface area contributed by atoms with Crippen LogP contribution < -0.4 is 10.6 Å². The van der Waals surface area contributed by atoms with E-state index in [0.717, 1.165) is 53.2 Å². The summed E-state index contributed by atoms with van der Waals surface area (Å²) >= 11 is 0. The first-order chi connectivity index (χ1) is 11.4. The third-order valence-corrected chi connectivity index (χ3v) is 4.11. The Labute approximate surface area is 135 Å². The lowest BCUT2D eigenvalue weighted by atomic mass is 10.2. The van der Waals surface area contributed by atoms with Crippen LogP contribution in [0.5, 0.6) is 0 Å². The molecule has 2 heterocycles. The van der Waals surface area contributed by atoms with Crippen molar-refractivity contribution in [3.8, 4) is 0 Å². The van der Waals surface area contributed by atoms with Gasteiger partial charge in [0.05, 0.1) is 22.6 Å². The van der Waals surface area contributed by atoms with Crippen molar-refractivity contribution in [1.82, 2.24) is 15.0 Å². The van der Waals surface area contributed by atoms with E-state index < -0.39 is 0 Å². The molecular formula is C18H19N5. The fourth-order valence-corrected chi connectivity index (χ4v) is 2.90. The minimum atomic E-state index is 0.914. The highest BCUT2D eigenvalue weighted by Crippen LogP contribution is 2.33. The van der Waals surface area contributed by atoms with E-state index in [1.54, 1.807) is 0 Å². The van der Waals surface area contributed by atoms with E-state index in [1.807, 2.05) is 35.0 Å². The van der Waals surface area contributed by atoms with E-state index in [0.29, 0.717) is 0 Å². The number of nitrogens with zero attached hydrogens (tertiary/aromatic N) is 3. The second-order valence-corrected chi connectivity index (χ2v) is 5.71. The first-order valence-corrected chi connectivity index (χ1v) is 8.04. The molecule has 0 bridgehead atoms. The molecule has 2 aromatic carbocycles. The van der Waals surface area contributed by atoms with Gasteiger partial charge in [-0.2, -0.15) is 0 Å². The highest BCUT2D eigenvalue weighted by Gasteiger charge is 2.20. The summed E-state index contributed by atoms with van der Waals surface area (Å²) in [6.45, 7) is 2.20. The van der Waals surface area contributed by atoms with E-state index in [-0.39, 0.29) is 0 Å². The maximum absolute atomic E-state index is 4.38. The Morgan fingerprint density at radius 2 is 1.70 bits per heavy atom. The Balaban J connectivity index is 1.81. The van der Waals surface area contributed by atoms with E-state index in [1.165, 1.54) is 0 Å². The monoisotopic (exact) mass is 305 g/mol. The lowest BCUT2D eigenvalue weighted by Gasteiger charge is -2.12. The molecule has 23 heavy (non-hydrogen) atoms. The maximum Gasteiger partial charge on any atom is 0.130 e. The van der Waals surface area contributed by atoms with E-state index >= 15 is 0 Å². The summed E-state index contributed by atoms with van der Waals surface area (Å²) < 4.78 is 1.95. The quantitative estimate of drug-likeness (QED) is 0.755. The molecule has 2 N–H and O–H groups in total. The third kappa shape index (κ3) is 2.44. The van der Waals surface area contributed by atoms with E-state index in [9.17, 15) is 0 Å². The first kappa shape index (κ1) is 13.8. The fourth-order valence-electron chi connectivity index (χ4n) is 2.90. The number of para-hydroxylation sites is 3. The molecule has 1 aliphatic heterocycles. The fraction of sp³-hybridized carbons (Fsp3) is 0.222. The Morgan fingerprint density at radius 1 is 1.00 bits per heavy atom. The van der Waals surface area contributed by atoms with Crippen molar-refractivity contribution in [2.45, 2.75) is 26.2 Å². The number of hydrogen-bond donors (Lipinski definition) is 2. The average Bonchev–Trinajstić information content (AvgIpc) is 3.20. The summed E-state index contributed by atoms with van der Waals surface area (Å²) in [5.74, 6) is 0.996. The van der Waals surface area contributed by atoms with Crippen LogP contribution in [0.4, 0.5) is 11.4 Å². The molecule has 0 aliphatic carbocycles. The molecule has 5 heteroatoms. The van der Waals surface area contributed by atoms with E-state index in [2.05, 4.69) is 46.1 Å². The zero-order valence-corrected chi connectivity index (χ0v) is 13.1. The Morgan fingerprint density at radius 3 is 2.43 bits per heavy atom. The molecule has 0 fully saturated rings. The summed E-state index contributed by atoms with van der Waals surface area (Å²) in [6, 6.07) is 16.3. The zero-order chi connectivity index (χ0) is 15.6. The Kier molecular flexibility index (Phi) is 3.46. The predicted octanol–water partition coefficient (Wildman–Crippen LogP) is 4.29. The molecular weight excluding hydrogens is 286 g/mol. The van der Waals surface area contributed by atoms with Crippen molar-refractivity contribution in [3.63, 3.8) is 0 Å². The van der Waals surface area contributed by atoms with Gasteiger partial charge >= 0.3 is 0 Å². The van der Waals surface area contributed by atoms with Crippen LogP contribution in [0.2, 0.25) is 0 Å². The maximum atomic E-state index is 4.38. The van der Waals surface area contributed by atoms with Crippen molar-refractivity contribution < 1.29 is 0 Å². The average molecular weight is 305 g/mol. The van der Waals surface area contributed by atoms with E-state index in [4.69, 9.17) is 0 Å². The highest BCUT2D eigenvalue weighted by atomic mass is 15.4. The van der Waals surface area contributed by atoms with Gasteiger partial charge in [0.25, 0.3) is 0 Å². The largest absolute Gasteiger partial charge is 0.339 e. The molecule has 0 saturated heterocycles. The molecule has 0 radical (unpaired) electrons. The summed E-state index contributed by atoms with van der Waals surface area (Å²) in [5, 5.41) is 15.6. The molecule has 0 atom stereocenters. The summed E-state index contributed by atoms with van der Waals surface area (Å²) in [4.78, 5) is 0. The Hall–Kier alpha value is -2.82. The zero-order valence-electron chi connectivity index (χ0n) is 13.1. The Bertz CT molecular complexity index is 851. The van der Waals surface area contributed by atoms with Crippen molar-refractivity contribution in [1.29, 1.82) is 0 Å². The van der Waals surface area contributed by atoms with Crippen LogP contribution >= 0.6 is 0 Å². The second-order valence-electron chi connectivity index (χ2n) is 5.71. The van der Waals surface area contributed by atoms with Crippen LogP contribution in [-0.4, -0.2) is 15.0 Å². The van der Waals surface area contributed by atoms with Crippen molar-refractivity contribution in [2.24, 2.45) is 0 Å². The molecule has 0 spiro atoms. The number of benzene rings is 2. The minimum absolute atomic E-state index is 0.914. The van der Waals surface area contributed by atoms with Gasteiger partial charge in [0.1, 0.15) is 11.3 Å². The summed E-state index contributed by atoms with van der Waals surface area (Å²) in [6.07, 6.45) is 3.18. The number of rotatable bonds is 4. The van der Waals surface area contributed by atoms with Crippen LogP contribution in [0.15, 0.2) is 54.4 Å². The lowest BCUT2D eigenvalue weighted by Crippen LogP contribution is -2.11. The van der Waals surface area contributed by atoms with Gasteiger partial charge < -0.3 is 10.6 Å². The number of allylic oxidation sites excluding steroid dienone is 1. The van der Waals surface area contributed by atoms with Gasteiger partial charge in [0, 0.05) is 0 Å². The molecule has 1 aliphatic rings. The van der Waals surface area contributed by atoms with Gasteiger partial charge in [-0.05, 0) is 37.1 Å². The van der Waals surface area contributed by atoms with Gasteiger partial charge in [-0.1, -0.05) is 42.8 Å². The van der Waals surface area contributed by atoms with Gasteiger partial charge in [-0.3, -0.25) is 0 Å². The lowest BCUT2D eigenvalue weighted by molar-refractivity contribution is 0.749. The van der Waals surface area contributed by atoms with Crippen molar-refractivity contribution in [2.75, 3.05) is 10.6 Å². The summed E-state index contributed by atoms with van der Waals surface area (Å²) in [7, 11) is 0. The molecule has 1 aromatic heterocycles. The van der Waals surface area contributed by atoms with Crippen LogP contribution in [0, 0.1) is 0 Å². The molecule has 4 rings (SSSR count). The number of unbranched alkanes of at least 4 members (excludes halogenated alkanes) is 1. The third-order valence-electron chi connectivity index (χ3n) is 4.11. The van der Waals surface area contributed by atoms with Crippen molar-refractivity contribution in [3.05, 3.63) is 54.4 Å². The minimum Gasteiger partial charge on any atom is -0.339 e. The number of anilines is 2. The number of hydrogen-bond acceptors (Lipinski definition) is 4. The standard InChI is InChI=1S/C18H19N5/c1-2-3-11-17(18-19-13-8-4-5-9-14(13)20-18)23-16-12-7-6-10-15(16)21-22-23/h4-10,12,19-20H,2-3,11H2,1H3. The van der Waals surface area contributed by atoms with Crippen LogP contribution in [0.25, 0.3) is 16.7 Å². The molecule has 0 amide bonds. The van der Waals surface area contributed by atoms with Gasteiger partial charge in [-0.15, -0.1) is 5.10 Å². The van der Waals surface area contributed by atoms with Crippen LogP contribution in [0.3, 0.4) is 0 Å². The SMILES string of the molecule is CCCCC(=C1Nc2ccccc2N1)n1nnc2ccccc21. The topological polar surface area (TPSA) is 54.8 Å². The first-order valence-electron chi connectivity index (χ1n) is 8.04. The molecule has 0 saturated carbocycles. The molecule has 116 valence electrons. The molecule has 0 unspecified atom stereocenters. The van der Waals surface area contributed by atoms with Gasteiger partial charge in [0.15, 0.2) is 0 Å². The number of aromatic nitrogens is 3. The normalized spacial score (nSPS) is 12.8. The predicted molar refractivity (Wildman–Crippen MR) is 94.0 cm³/mol. The summed E-state index contributed by atoms with van der Waals surface area (Å²) in [5.41, 5.74) is 5.27. The van der Waals surface area contributed by atoms with Crippen molar-refractivity contribution >= 4 is 28.1 Å². The van der Waals surface area contributed by atoms with Crippen LogP contribution in [0.1, 0.15) is 26.2 Å². The molecule has 3 aromatic rings. The second kappa shape index (κ2) is 5.76. The van der Waals surface area contributed by atoms with Gasteiger partial charge in [-0.25, -0.2) is 4.68 Å². The number of fused-ring (bicyclic) bond motifs is 2. The van der Waals surface area contributed by atoms with Gasteiger partial charge in [0.2, 0.25) is 0 Å². The highest BCUT2D eigenvalue weighted by molar-refractivity contribution is 5.85. The smallest absolute Gasteiger partial charge is 0.130 e. The number of nitrogens with one attached hydrogen (secondary N) is 2. The van der Waals surface area contributed by atoms with Crippen LogP contribution in [-0.2, 0) is 0 Å².